The Morgan fingerprint density at radius 3 is 2.38 bits per heavy atom. The number of rotatable bonds is 5. The molecule has 2 rings (SSSR count). The van der Waals surface area contributed by atoms with Crippen molar-refractivity contribution in [3.05, 3.63) is 53.2 Å². The maximum atomic E-state index is 14.5. The lowest BCUT2D eigenvalue weighted by Gasteiger charge is -2.16. The van der Waals surface area contributed by atoms with Crippen LogP contribution in [0.25, 0.3) is 16.8 Å². The molecule has 2 aromatic carbocycles. The van der Waals surface area contributed by atoms with Crippen molar-refractivity contribution in [2.75, 3.05) is 19.4 Å². The molecule has 0 saturated heterocycles. The Morgan fingerprint density at radius 2 is 1.77 bits per heavy atom. The van der Waals surface area contributed by atoms with Gasteiger partial charge < -0.3 is 27.3 Å². The van der Waals surface area contributed by atoms with E-state index in [1.807, 2.05) is 0 Å². The van der Waals surface area contributed by atoms with Crippen LogP contribution in [0.5, 0.6) is 5.75 Å². The number of carbonyl (C=O) groups is 1. The summed E-state index contributed by atoms with van der Waals surface area (Å²) in [5.41, 5.74) is 17.0. The highest BCUT2D eigenvalue weighted by atomic mass is 19.1. The Labute approximate surface area is 149 Å². The number of halogens is 2. The molecule has 0 radical (unpaired) electrons. The van der Waals surface area contributed by atoms with Gasteiger partial charge in [-0.05, 0) is 31.2 Å². The summed E-state index contributed by atoms with van der Waals surface area (Å²) < 4.78 is 34.0. The first-order valence-corrected chi connectivity index (χ1v) is 7.78. The zero-order chi connectivity index (χ0) is 19.4. The largest absolute Gasteiger partial charge is 0.496 e. The van der Waals surface area contributed by atoms with E-state index in [0.717, 1.165) is 12.1 Å². The number of ether oxygens (including phenoxy) is 1. The fraction of sp³-hybridized carbons (Fsp3) is 0.167. The average Bonchev–Trinajstić information content (AvgIpc) is 2.62. The number of hydrogen-bond donors (Lipinski definition) is 4. The molecule has 0 unspecified atom stereocenters. The number of anilines is 1. The molecule has 26 heavy (non-hydrogen) atoms. The minimum absolute atomic E-state index is 0.104. The first-order valence-electron chi connectivity index (χ1n) is 7.78. The summed E-state index contributed by atoms with van der Waals surface area (Å²) in [6.07, 6.45) is 0. The van der Waals surface area contributed by atoms with E-state index in [1.165, 1.54) is 25.3 Å². The summed E-state index contributed by atoms with van der Waals surface area (Å²) in [5, 5.41) is 2.50. The van der Waals surface area contributed by atoms with E-state index in [-0.39, 0.29) is 39.5 Å². The Hall–Kier alpha value is -3.29. The van der Waals surface area contributed by atoms with Crippen molar-refractivity contribution >= 4 is 17.3 Å². The molecule has 2 aromatic rings. The van der Waals surface area contributed by atoms with Crippen LogP contribution in [0.4, 0.5) is 14.5 Å². The molecule has 0 fully saturated rings. The van der Waals surface area contributed by atoms with Gasteiger partial charge in [-0.25, -0.2) is 8.78 Å². The van der Waals surface area contributed by atoms with E-state index >= 15 is 0 Å². The third kappa shape index (κ3) is 3.39. The molecule has 0 spiro atoms. The summed E-state index contributed by atoms with van der Waals surface area (Å²) in [6, 6.07) is 6.42. The second kappa shape index (κ2) is 7.73. The van der Waals surface area contributed by atoms with Gasteiger partial charge in [0.05, 0.1) is 24.1 Å². The minimum Gasteiger partial charge on any atom is -0.496 e. The maximum Gasteiger partial charge on any atom is 0.269 e. The zero-order valence-electron chi connectivity index (χ0n) is 14.4. The molecule has 6 nitrogen and oxygen atoms in total. The van der Waals surface area contributed by atoms with Crippen LogP contribution in [-0.4, -0.2) is 19.6 Å². The molecule has 0 atom stereocenters. The van der Waals surface area contributed by atoms with E-state index < -0.39 is 17.5 Å². The molecule has 0 heterocycles. The van der Waals surface area contributed by atoms with Crippen LogP contribution < -0.4 is 27.3 Å². The predicted octanol–water partition coefficient (Wildman–Crippen LogP) is 1.94. The topological polar surface area (TPSA) is 116 Å². The van der Waals surface area contributed by atoms with E-state index in [1.54, 1.807) is 6.92 Å². The number of carbonyl (C=O) groups excluding carboxylic acids is 1. The zero-order valence-corrected chi connectivity index (χ0v) is 14.4. The SMILES string of the molecule is CCNC(=O)/C(N)=C(\N)c1ccc(F)c(-c2c(F)cccc2OC)c1N. The molecular weight excluding hydrogens is 342 g/mol. The Kier molecular flexibility index (Phi) is 5.66. The second-order valence-corrected chi connectivity index (χ2v) is 5.39. The number of nitrogens with two attached hydrogens (primary N) is 3. The van der Waals surface area contributed by atoms with Gasteiger partial charge in [-0.2, -0.15) is 0 Å². The summed E-state index contributed by atoms with van der Waals surface area (Å²) >= 11 is 0. The monoisotopic (exact) mass is 362 g/mol. The van der Waals surface area contributed by atoms with E-state index in [9.17, 15) is 13.6 Å². The van der Waals surface area contributed by atoms with Crippen LogP contribution in [0, 0.1) is 11.6 Å². The molecule has 0 aromatic heterocycles. The molecular formula is C18H20F2N4O2. The third-order valence-corrected chi connectivity index (χ3v) is 3.80. The van der Waals surface area contributed by atoms with Crippen molar-refractivity contribution in [3.8, 4) is 16.9 Å². The lowest BCUT2D eigenvalue weighted by Crippen LogP contribution is -2.30. The summed E-state index contributed by atoms with van der Waals surface area (Å²) in [6.45, 7) is 2.07. The third-order valence-electron chi connectivity index (χ3n) is 3.80. The van der Waals surface area contributed by atoms with Crippen molar-refractivity contribution in [1.82, 2.24) is 5.32 Å². The molecule has 7 N–H and O–H groups in total. The van der Waals surface area contributed by atoms with Gasteiger partial charge >= 0.3 is 0 Å². The molecule has 138 valence electrons. The average molecular weight is 362 g/mol. The van der Waals surface area contributed by atoms with E-state index in [2.05, 4.69) is 5.32 Å². The van der Waals surface area contributed by atoms with Gasteiger partial charge in [0.25, 0.3) is 5.91 Å². The van der Waals surface area contributed by atoms with Crippen LogP contribution in [0.15, 0.2) is 36.0 Å². The van der Waals surface area contributed by atoms with Gasteiger partial charge in [0.1, 0.15) is 23.1 Å². The van der Waals surface area contributed by atoms with E-state index in [4.69, 9.17) is 21.9 Å². The fourth-order valence-corrected chi connectivity index (χ4v) is 2.52. The van der Waals surface area contributed by atoms with Crippen molar-refractivity contribution in [2.24, 2.45) is 11.5 Å². The minimum atomic E-state index is -0.765. The first-order chi connectivity index (χ1) is 12.3. The Bertz CT molecular complexity index is 882. The molecule has 0 bridgehead atoms. The van der Waals surface area contributed by atoms with Crippen LogP contribution >= 0.6 is 0 Å². The van der Waals surface area contributed by atoms with Gasteiger partial charge in [-0.1, -0.05) is 6.07 Å². The fourth-order valence-electron chi connectivity index (χ4n) is 2.52. The lowest BCUT2D eigenvalue weighted by molar-refractivity contribution is -0.117. The van der Waals surface area contributed by atoms with Crippen molar-refractivity contribution in [1.29, 1.82) is 0 Å². The molecule has 0 aliphatic rings. The van der Waals surface area contributed by atoms with Crippen molar-refractivity contribution in [2.45, 2.75) is 6.92 Å². The highest BCUT2D eigenvalue weighted by Gasteiger charge is 2.22. The molecule has 0 aliphatic heterocycles. The number of nitrogens with one attached hydrogen (secondary N) is 1. The smallest absolute Gasteiger partial charge is 0.269 e. The number of methoxy groups -OCH3 is 1. The lowest BCUT2D eigenvalue weighted by atomic mass is 9.96. The Balaban J connectivity index is 2.72. The first kappa shape index (κ1) is 19.0. The van der Waals surface area contributed by atoms with Gasteiger partial charge in [0.15, 0.2) is 0 Å². The number of nitrogen functional groups attached to an aromatic ring is 1. The van der Waals surface area contributed by atoms with E-state index in [0.29, 0.717) is 6.54 Å². The number of hydrogen-bond acceptors (Lipinski definition) is 5. The van der Waals surface area contributed by atoms with Gasteiger partial charge in [0, 0.05) is 17.7 Å². The van der Waals surface area contributed by atoms with Gasteiger partial charge in [-0.15, -0.1) is 0 Å². The maximum absolute atomic E-state index is 14.5. The molecule has 8 heteroatoms. The number of likely N-dealkylation sites (N-methyl/N-ethyl adjacent to an activating group) is 1. The summed E-state index contributed by atoms with van der Waals surface area (Å²) in [4.78, 5) is 11.9. The van der Waals surface area contributed by atoms with Gasteiger partial charge in [0.2, 0.25) is 0 Å². The quantitative estimate of drug-likeness (QED) is 0.479. The Morgan fingerprint density at radius 1 is 1.12 bits per heavy atom. The standard InChI is InChI=1S/C18H20F2N4O2/c1-3-24-18(25)17(23)16(22)9-7-8-11(20)14(15(9)21)13-10(19)5-4-6-12(13)26-2/h4-8H,3,21-23H2,1-2H3,(H,24,25)/b17-16+. The second-order valence-electron chi connectivity index (χ2n) is 5.39. The number of amides is 1. The molecule has 1 amide bonds. The predicted molar refractivity (Wildman–Crippen MR) is 96.7 cm³/mol. The van der Waals surface area contributed by atoms with Crippen LogP contribution in [-0.2, 0) is 4.79 Å². The van der Waals surface area contributed by atoms with Crippen LogP contribution in [0.1, 0.15) is 12.5 Å². The summed E-state index contributed by atoms with van der Waals surface area (Å²) in [7, 11) is 1.33. The highest BCUT2D eigenvalue weighted by Crippen LogP contribution is 2.40. The summed E-state index contributed by atoms with van der Waals surface area (Å²) in [5.74, 6) is -1.96. The van der Waals surface area contributed by atoms with Crippen molar-refractivity contribution < 1.29 is 18.3 Å². The van der Waals surface area contributed by atoms with Crippen LogP contribution in [0.3, 0.4) is 0 Å². The highest BCUT2D eigenvalue weighted by molar-refractivity contribution is 6.01. The van der Waals surface area contributed by atoms with Crippen molar-refractivity contribution in [3.63, 3.8) is 0 Å². The molecule has 0 aliphatic carbocycles. The normalized spacial score (nSPS) is 11.7. The molecule has 0 saturated carbocycles. The van der Waals surface area contributed by atoms with Gasteiger partial charge in [-0.3, -0.25) is 4.79 Å². The van der Waals surface area contributed by atoms with Crippen LogP contribution in [0.2, 0.25) is 0 Å². The number of benzene rings is 2.